The summed E-state index contributed by atoms with van der Waals surface area (Å²) in [5.41, 5.74) is 4.47. The van der Waals surface area contributed by atoms with E-state index >= 15 is 0 Å². The number of benzene rings is 1. The Morgan fingerprint density at radius 3 is 2.56 bits per heavy atom. The third-order valence-corrected chi connectivity index (χ3v) is 5.49. The summed E-state index contributed by atoms with van der Waals surface area (Å²) in [5.74, 6) is 0.764. The molecule has 1 aliphatic rings. The highest BCUT2D eigenvalue weighted by Gasteiger charge is 2.44. The summed E-state index contributed by atoms with van der Waals surface area (Å²) >= 11 is 0. The number of anilines is 1. The van der Waals surface area contributed by atoms with Crippen molar-refractivity contribution in [2.45, 2.75) is 66.1 Å². The van der Waals surface area contributed by atoms with Crippen molar-refractivity contribution in [1.29, 1.82) is 0 Å². The molecule has 0 unspecified atom stereocenters. The van der Waals surface area contributed by atoms with Crippen molar-refractivity contribution in [2.75, 3.05) is 4.90 Å². The van der Waals surface area contributed by atoms with Crippen LogP contribution in [0.5, 0.6) is 0 Å². The van der Waals surface area contributed by atoms with Crippen LogP contribution in [0, 0.1) is 13.8 Å². The van der Waals surface area contributed by atoms with E-state index in [1.54, 1.807) is 0 Å². The minimum Gasteiger partial charge on any atom is -0.360 e. The molecule has 5 heteroatoms. The molecule has 0 spiro atoms. The first kappa shape index (κ1) is 17.8. The SMILES string of the molecule is Cc1ccc2[nH]cc(-c3nc4n(c(=O)c3C)CC(C)(C)N4C(C)(C)C)c2c1. The first-order valence-corrected chi connectivity index (χ1v) is 9.50. The molecule has 1 aromatic carbocycles. The molecular formula is C22H28N4O. The van der Waals surface area contributed by atoms with Crippen LogP contribution < -0.4 is 10.5 Å². The molecule has 0 bridgehead atoms. The van der Waals surface area contributed by atoms with E-state index in [4.69, 9.17) is 4.98 Å². The van der Waals surface area contributed by atoms with Gasteiger partial charge in [-0.05, 0) is 60.6 Å². The number of hydrogen-bond donors (Lipinski definition) is 1. The lowest BCUT2D eigenvalue weighted by Crippen LogP contribution is -2.52. The van der Waals surface area contributed by atoms with Gasteiger partial charge in [-0.2, -0.15) is 0 Å². The van der Waals surface area contributed by atoms with Gasteiger partial charge in [-0.1, -0.05) is 11.6 Å². The van der Waals surface area contributed by atoms with Gasteiger partial charge in [0.1, 0.15) is 0 Å². The predicted molar refractivity (Wildman–Crippen MR) is 112 cm³/mol. The van der Waals surface area contributed by atoms with E-state index in [9.17, 15) is 4.79 Å². The smallest absolute Gasteiger partial charge is 0.258 e. The molecule has 0 aliphatic carbocycles. The fraction of sp³-hybridized carbons (Fsp3) is 0.455. The molecule has 1 N–H and O–H groups in total. The molecule has 142 valence electrons. The van der Waals surface area contributed by atoms with Crippen molar-refractivity contribution < 1.29 is 0 Å². The average molecular weight is 364 g/mol. The van der Waals surface area contributed by atoms with Gasteiger partial charge in [0.2, 0.25) is 5.95 Å². The molecule has 0 amide bonds. The van der Waals surface area contributed by atoms with Crippen molar-refractivity contribution in [3.63, 3.8) is 0 Å². The van der Waals surface area contributed by atoms with Gasteiger partial charge in [0.15, 0.2) is 0 Å². The van der Waals surface area contributed by atoms with Gasteiger partial charge in [-0.3, -0.25) is 9.36 Å². The molecule has 4 rings (SSSR count). The molecule has 0 saturated heterocycles. The summed E-state index contributed by atoms with van der Waals surface area (Å²) in [6.45, 7) is 15.5. The molecule has 0 fully saturated rings. The van der Waals surface area contributed by atoms with E-state index in [2.05, 4.69) is 69.6 Å². The van der Waals surface area contributed by atoms with Crippen molar-refractivity contribution >= 4 is 16.9 Å². The van der Waals surface area contributed by atoms with Crippen LogP contribution in [0.2, 0.25) is 0 Å². The Morgan fingerprint density at radius 2 is 1.89 bits per heavy atom. The van der Waals surface area contributed by atoms with Crippen LogP contribution in [0.25, 0.3) is 22.2 Å². The number of aromatic amines is 1. The zero-order valence-electron chi connectivity index (χ0n) is 17.3. The Labute approximate surface area is 160 Å². The lowest BCUT2D eigenvalue weighted by molar-refractivity contribution is 0.363. The molecule has 0 radical (unpaired) electrons. The third kappa shape index (κ3) is 2.59. The second kappa shape index (κ2) is 5.47. The standard InChI is InChI=1S/C22H28N4O/c1-13-8-9-17-15(10-13)16(11-23-17)18-14(2)19(27)25-12-22(6,7)26(20(25)24-18)21(3,4)5/h8-11,23H,12H2,1-7H3. The largest absolute Gasteiger partial charge is 0.360 e. The fourth-order valence-corrected chi connectivity index (χ4v) is 4.58. The normalized spacial score (nSPS) is 16.2. The topological polar surface area (TPSA) is 53.9 Å². The van der Waals surface area contributed by atoms with Crippen molar-refractivity contribution in [3.05, 3.63) is 45.9 Å². The monoisotopic (exact) mass is 364 g/mol. The minimum atomic E-state index is -0.167. The highest BCUT2D eigenvalue weighted by atomic mass is 16.1. The van der Waals surface area contributed by atoms with Crippen LogP contribution in [0.15, 0.2) is 29.2 Å². The lowest BCUT2D eigenvalue weighted by atomic mass is 9.97. The van der Waals surface area contributed by atoms with Gasteiger partial charge in [0.25, 0.3) is 5.56 Å². The number of nitrogens with zero attached hydrogens (tertiary/aromatic N) is 3. The number of aryl methyl sites for hydroxylation is 1. The number of fused-ring (bicyclic) bond motifs is 2. The Hall–Kier alpha value is -2.56. The number of rotatable bonds is 1. The Bertz CT molecular complexity index is 1110. The lowest BCUT2D eigenvalue weighted by Gasteiger charge is -2.42. The molecule has 1 aliphatic heterocycles. The zero-order chi connectivity index (χ0) is 19.7. The summed E-state index contributed by atoms with van der Waals surface area (Å²) < 4.78 is 1.84. The molecule has 3 aromatic rings. The van der Waals surface area contributed by atoms with E-state index in [1.165, 1.54) is 5.56 Å². The van der Waals surface area contributed by atoms with Crippen molar-refractivity contribution in [1.82, 2.24) is 14.5 Å². The summed E-state index contributed by atoms with van der Waals surface area (Å²) in [6.07, 6.45) is 1.97. The van der Waals surface area contributed by atoms with Crippen LogP contribution in [-0.4, -0.2) is 25.6 Å². The highest BCUT2D eigenvalue weighted by molar-refractivity contribution is 5.95. The van der Waals surface area contributed by atoms with Gasteiger partial charge in [0, 0.05) is 33.8 Å². The van der Waals surface area contributed by atoms with Crippen LogP contribution in [0.3, 0.4) is 0 Å². The summed E-state index contributed by atoms with van der Waals surface area (Å²) in [7, 11) is 0. The first-order chi connectivity index (χ1) is 12.5. The van der Waals surface area contributed by atoms with E-state index in [-0.39, 0.29) is 16.6 Å². The molecule has 3 heterocycles. The quantitative estimate of drug-likeness (QED) is 0.696. The maximum Gasteiger partial charge on any atom is 0.258 e. The number of hydrogen-bond acceptors (Lipinski definition) is 3. The van der Waals surface area contributed by atoms with Crippen LogP contribution >= 0.6 is 0 Å². The fourth-order valence-electron chi connectivity index (χ4n) is 4.58. The average Bonchev–Trinajstić information content (AvgIpc) is 3.07. The predicted octanol–water partition coefficient (Wildman–Crippen LogP) is 4.41. The third-order valence-electron chi connectivity index (χ3n) is 5.49. The maximum atomic E-state index is 13.2. The molecule has 0 saturated carbocycles. The van der Waals surface area contributed by atoms with E-state index in [0.717, 1.165) is 28.1 Å². The summed E-state index contributed by atoms with van der Waals surface area (Å²) in [4.78, 5) is 23.9. The summed E-state index contributed by atoms with van der Waals surface area (Å²) in [5, 5.41) is 1.11. The number of nitrogens with one attached hydrogen (secondary N) is 1. The Morgan fingerprint density at radius 1 is 1.19 bits per heavy atom. The van der Waals surface area contributed by atoms with Gasteiger partial charge in [-0.15, -0.1) is 0 Å². The number of aromatic nitrogens is 3. The first-order valence-electron chi connectivity index (χ1n) is 9.50. The van der Waals surface area contributed by atoms with Crippen LogP contribution in [0.4, 0.5) is 5.95 Å². The van der Waals surface area contributed by atoms with Gasteiger partial charge < -0.3 is 9.88 Å². The Balaban J connectivity index is 2.02. The van der Waals surface area contributed by atoms with E-state index in [1.807, 2.05) is 17.7 Å². The second-order valence-electron chi connectivity index (χ2n) is 9.35. The van der Waals surface area contributed by atoms with Crippen LogP contribution in [0.1, 0.15) is 45.7 Å². The molecule has 5 nitrogen and oxygen atoms in total. The van der Waals surface area contributed by atoms with Crippen LogP contribution in [-0.2, 0) is 6.54 Å². The van der Waals surface area contributed by atoms with Gasteiger partial charge in [-0.25, -0.2) is 4.98 Å². The van der Waals surface area contributed by atoms with E-state index in [0.29, 0.717) is 12.1 Å². The summed E-state index contributed by atoms with van der Waals surface area (Å²) in [6, 6.07) is 6.32. The van der Waals surface area contributed by atoms with Gasteiger partial charge >= 0.3 is 0 Å². The number of H-pyrrole nitrogens is 1. The molecule has 2 aromatic heterocycles. The molecular weight excluding hydrogens is 336 g/mol. The van der Waals surface area contributed by atoms with Crippen molar-refractivity contribution in [3.8, 4) is 11.3 Å². The van der Waals surface area contributed by atoms with Crippen molar-refractivity contribution in [2.24, 2.45) is 0 Å². The Kier molecular flexibility index (Phi) is 3.61. The van der Waals surface area contributed by atoms with Gasteiger partial charge in [0.05, 0.1) is 17.8 Å². The molecule has 0 atom stereocenters. The zero-order valence-corrected chi connectivity index (χ0v) is 17.3. The second-order valence-corrected chi connectivity index (χ2v) is 9.35. The van der Waals surface area contributed by atoms with E-state index < -0.39 is 0 Å². The molecule has 27 heavy (non-hydrogen) atoms. The maximum absolute atomic E-state index is 13.2. The minimum absolute atomic E-state index is 0.0526. The highest BCUT2D eigenvalue weighted by Crippen LogP contribution is 2.39.